The van der Waals surface area contributed by atoms with Crippen LogP contribution in [0.2, 0.25) is 0 Å². The van der Waals surface area contributed by atoms with Crippen molar-refractivity contribution in [2.24, 2.45) is 11.7 Å². The first kappa shape index (κ1) is 26.6. The Morgan fingerprint density at radius 2 is 1.88 bits per heavy atom. The van der Waals surface area contributed by atoms with Crippen molar-refractivity contribution in [1.29, 1.82) is 0 Å². The maximum atomic E-state index is 14.8. The highest BCUT2D eigenvalue weighted by Gasteiger charge is 2.62. The molecule has 1 spiro atoms. The summed E-state index contributed by atoms with van der Waals surface area (Å²) in [5.41, 5.74) is 7.89. The highest BCUT2D eigenvalue weighted by Crippen LogP contribution is 2.57. The van der Waals surface area contributed by atoms with Crippen LogP contribution in [-0.2, 0) is 32.9 Å². The van der Waals surface area contributed by atoms with Gasteiger partial charge < -0.3 is 20.3 Å². The number of ether oxygens (including phenoxy) is 1. The fourth-order valence-electron chi connectivity index (χ4n) is 7.41. The zero-order chi connectivity index (χ0) is 28.8. The molecule has 0 saturated carbocycles. The van der Waals surface area contributed by atoms with E-state index in [1.54, 1.807) is 4.68 Å². The number of aromatic nitrogens is 3. The van der Waals surface area contributed by atoms with E-state index in [1.807, 2.05) is 69.4 Å². The predicted octanol–water partition coefficient (Wildman–Crippen LogP) is 2.02. The van der Waals surface area contributed by atoms with Crippen molar-refractivity contribution in [2.75, 3.05) is 37.7 Å². The lowest BCUT2D eigenvalue weighted by atomic mass is 9.72. The number of anilines is 1. The van der Waals surface area contributed by atoms with Crippen LogP contribution in [0.5, 0.6) is 5.75 Å². The van der Waals surface area contributed by atoms with Crippen LogP contribution < -0.4 is 15.4 Å². The third kappa shape index (κ3) is 4.43. The van der Waals surface area contributed by atoms with Gasteiger partial charge >= 0.3 is 0 Å². The number of piperidine rings is 1. The lowest BCUT2D eigenvalue weighted by molar-refractivity contribution is -0.139. The molecule has 2 atom stereocenters. The van der Waals surface area contributed by atoms with Gasteiger partial charge in [0.05, 0.1) is 31.9 Å². The molecular formula is C31H35N7O4. The Morgan fingerprint density at radius 3 is 2.71 bits per heavy atom. The van der Waals surface area contributed by atoms with Crippen LogP contribution in [0.1, 0.15) is 48.5 Å². The highest BCUT2D eigenvalue weighted by molar-refractivity contribution is 6.09. The summed E-state index contributed by atoms with van der Waals surface area (Å²) in [4.78, 5) is 46.3. The molecule has 2 aromatic carbocycles. The van der Waals surface area contributed by atoms with E-state index in [4.69, 9.17) is 10.5 Å². The van der Waals surface area contributed by atoms with Gasteiger partial charge in [-0.1, -0.05) is 35.5 Å². The first-order valence-corrected chi connectivity index (χ1v) is 14.8. The Labute approximate surface area is 244 Å². The van der Waals surface area contributed by atoms with Gasteiger partial charge in [0.2, 0.25) is 17.7 Å². The third-order valence-electron chi connectivity index (χ3n) is 9.31. The molecule has 2 fully saturated rings. The number of fused-ring (bicyclic) bond motifs is 8. The average Bonchev–Trinajstić information content (AvgIpc) is 3.68. The van der Waals surface area contributed by atoms with Gasteiger partial charge in [-0.3, -0.25) is 24.0 Å². The molecule has 3 aromatic rings. The minimum Gasteiger partial charge on any atom is -0.494 e. The van der Waals surface area contributed by atoms with Crippen molar-refractivity contribution in [2.45, 2.75) is 50.2 Å². The van der Waals surface area contributed by atoms with Crippen LogP contribution in [0.4, 0.5) is 5.69 Å². The number of primary amides is 1. The number of hydrogen-bond donors (Lipinski definition) is 1. The number of carbonyl (C=O) groups excluding carboxylic acids is 3. The molecule has 3 amide bonds. The molecule has 1 aromatic heterocycles. The van der Waals surface area contributed by atoms with Gasteiger partial charge in [0, 0.05) is 31.1 Å². The minimum absolute atomic E-state index is 0.0176. The lowest BCUT2D eigenvalue weighted by Crippen LogP contribution is -2.48. The van der Waals surface area contributed by atoms with Gasteiger partial charge in [0.1, 0.15) is 16.9 Å². The van der Waals surface area contributed by atoms with Crippen molar-refractivity contribution in [3.8, 4) is 5.75 Å². The van der Waals surface area contributed by atoms with Crippen molar-refractivity contribution < 1.29 is 19.1 Å². The fourth-order valence-corrected chi connectivity index (χ4v) is 7.41. The largest absolute Gasteiger partial charge is 0.494 e. The normalized spacial score (nSPS) is 24.4. The lowest BCUT2D eigenvalue weighted by Gasteiger charge is -2.38. The summed E-state index contributed by atoms with van der Waals surface area (Å²) >= 11 is 0. The Kier molecular flexibility index (Phi) is 6.69. The van der Waals surface area contributed by atoms with Crippen molar-refractivity contribution in [3.05, 3.63) is 71.5 Å². The highest BCUT2D eigenvalue weighted by atomic mass is 16.5. The Hall–Kier alpha value is -4.25. The second-order valence-corrected chi connectivity index (χ2v) is 11.8. The van der Waals surface area contributed by atoms with Crippen LogP contribution in [0, 0.1) is 5.92 Å². The quantitative estimate of drug-likeness (QED) is 0.511. The van der Waals surface area contributed by atoms with E-state index in [0.717, 1.165) is 28.9 Å². The van der Waals surface area contributed by atoms with E-state index in [2.05, 4.69) is 10.3 Å². The van der Waals surface area contributed by atoms with E-state index in [1.165, 1.54) is 0 Å². The van der Waals surface area contributed by atoms with Crippen LogP contribution in [0.3, 0.4) is 0 Å². The van der Waals surface area contributed by atoms with Crippen LogP contribution in [0.25, 0.3) is 0 Å². The molecule has 2 N–H and O–H groups in total. The molecule has 4 aliphatic heterocycles. The first-order chi connectivity index (χ1) is 20.4. The van der Waals surface area contributed by atoms with Crippen molar-refractivity contribution in [1.82, 2.24) is 24.8 Å². The van der Waals surface area contributed by atoms with Crippen LogP contribution in [-0.4, -0.2) is 75.3 Å². The number of carbonyl (C=O) groups is 3. The molecule has 0 unspecified atom stereocenters. The molecule has 11 heteroatoms. The number of rotatable bonds is 3. The molecule has 218 valence electrons. The zero-order valence-electron chi connectivity index (χ0n) is 23.5. The average molecular weight is 570 g/mol. The molecule has 11 nitrogen and oxygen atoms in total. The topological polar surface area (TPSA) is 127 Å². The third-order valence-corrected chi connectivity index (χ3v) is 9.31. The minimum atomic E-state index is -0.937. The van der Waals surface area contributed by atoms with Gasteiger partial charge in [-0.05, 0) is 61.7 Å². The number of benzene rings is 2. The van der Waals surface area contributed by atoms with E-state index < -0.39 is 11.5 Å². The molecule has 0 aliphatic carbocycles. The van der Waals surface area contributed by atoms with Gasteiger partial charge in [-0.15, -0.1) is 5.10 Å². The van der Waals surface area contributed by atoms with Crippen molar-refractivity contribution >= 4 is 23.4 Å². The summed E-state index contributed by atoms with van der Waals surface area (Å²) in [6, 6.07) is 15.4. The number of likely N-dealkylation sites (tertiary alicyclic amines) is 2. The first-order valence-electron chi connectivity index (χ1n) is 14.8. The number of aryl methyl sites for hydroxylation is 1. The number of nitrogens with two attached hydrogens (primary N) is 1. The standard InChI is InChI=1S/C31H35N7O4/c32-27(39)20-35-13-9-21(10-14-35)29(40)37-15-11-31-25-7-1-2-8-26(25)38(30(31)41)19-23-18-36(34-33-23)12-4-16-42-24-6-3-5-22(17-24)28(31)37/h1-3,5-8,17-18,21,28H,4,9-16,19-20H2,(H2,32,39)/t28-,31+/m0/s1. The molecule has 6 bridgehead atoms. The number of hydrogen-bond acceptors (Lipinski definition) is 7. The van der Waals surface area contributed by atoms with Gasteiger partial charge in [0.25, 0.3) is 0 Å². The summed E-state index contributed by atoms with van der Waals surface area (Å²) in [5, 5.41) is 8.65. The smallest absolute Gasteiger partial charge is 0.240 e. The summed E-state index contributed by atoms with van der Waals surface area (Å²) in [6.07, 6.45) is 4.47. The summed E-state index contributed by atoms with van der Waals surface area (Å²) in [7, 11) is 0. The summed E-state index contributed by atoms with van der Waals surface area (Å²) in [5.74, 6) is 0.219. The number of para-hydroxylation sites is 1. The molecule has 7 rings (SSSR count). The van der Waals surface area contributed by atoms with Crippen LogP contribution in [0.15, 0.2) is 54.7 Å². The monoisotopic (exact) mass is 569 g/mol. The fraction of sp³-hybridized carbons (Fsp3) is 0.452. The van der Waals surface area contributed by atoms with E-state index in [-0.39, 0.29) is 30.2 Å². The Balaban J connectivity index is 1.30. The van der Waals surface area contributed by atoms with E-state index in [9.17, 15) is 14.4 Å². The zero-order valence-corrected chi connectivity index (χ0v) is 23.5. The number of nitrogens with zero attached hydrogens (tertiary/aromatic N) is 6. The molecule has 5 heterocycles. The second-order valence-electron chi connectivity index (χ2n) is 11.8. The molecular weight excluding hydrogens is 534 g/mol. The second kappa shape index (κ2) is 10.5. The Bertz CT molecular complexity index is 1530. The molecule has 2 saturated heterocycles. The van der Waals surface area contributed by atoms with Gasteiger partial charge in [-0.2, -0.15) is 0 Å². The van der Waals surface area contributed by atoms with Gasteiger partial charge in [0.15, 0.2) is 0 Å². The maximum Gasteiger partial charge on any atom is 0.240 e. The Morgan fingerprint density at radius 1 is 1.05 bits per heavy atom. The summed E-state index contributed by atoms with van der Waals surface area (Å²) < 4.78 is 7.94. The van der Waals surface area contributed by atoms with E-state index in [0.29, 0.717) is 64.3 Å². The van der Waals surface area contributed by atoms with Gasteiger partial charge in [-0.25, -0.2) is 0 Å². The maximum absolute atomic E-state index is 14.8. The summed E-state index contributed by atoms with van der Waals surface area (Å²) in [6.45, 7) is 3.44. The SMILES string of the molecule is NC(=O)CN1CCC(C(=O)N2CC[C@]34C(=O)N(Cc5cn(nn5)CCCOc5cccc(c5)[C@H]23)c2ccccc24)CC1. The van der Waals surface area contributed by atoms with Crippen molar-refractivity contribution in [3.63, 3.8) is 0 Å². The molecule has 42 heavy (non-hydrogen) atoms. The molecule has 0 radical (unpaired) electrons. The number of amides is 3. The molecule has 4 aliphatic rings. The van der Waals surface area contributed by atoms with E-state index >= 15 is 0 Å². The predicted molar refractivity (Wildman–Crippen MR) is 153 cm³/mol. The van der Waals surface area contributed by atoms with Crippen LogP contribution >= 0.6 is 0 Å².